The quantitative estimate of drug-likeness (QED) is 0.742. The second-order valence-corrected chi connectivity index (χ2v) is 5.32. The summed E-state index contributed by atoms with van der Waals surface area (Å²) in [5.74, 6) is 1.18. The van der Waals surface area contributed by atoms with E-state index in [4.69, 9.17) is 9.47 Å². The van der Waals surface area contributed by atoms with Gasteiger partial charge in [-0.1, -0.05) is 12.1 Å². The van der Waals surface area contributed by atoms with E-state index in [0.717, 1.165) is 5.69 Å². The van der Waals surface area contributed by atoms with E-state index in [0.29, 0.717) is 29.4 Å². The van der Waals surface area contributed by atoms with Gasteiger partial charge in [0.1, 0.15) is 18.1 Å². The van der Waals surface area contributed by atoms with E-state index in [9.17, 15) is 4.79 Å². The Balaban J connectivity index is 1.63. The first-order valence-corrected chi connectivity index (χ1v) is 7.83. The van der Waals surface area contributed by atoms with Crippen molar-refractivity contribution in [1.29, 1.82) is 0 Å². The number of nitrogens with one attached hydrogen (secondary N) is 1. The predicted molar refractivity (Wildman–Crippen MR) is 96.0 cm³/mol. The maximum absolute atomic E-state index is 12.3. The highest BCUT2D eigenvalue weighted by Gasteiger charge is 2.07. The molecule has 126 valence electrons. The van der Waals surface area contributed by atoms with E-state index in [-0.39, 0.29) is 5.91 Å². The van der Waals surface area contributed by atoms with Crippen LogP contribution >= 0.6 is 0 Å². The van der Waals surface area contributed by atoms with E-state index < -0.39 is 0 Å². The molecule has 0 atom stereocenters. The molecule has 0 saturated carbocycles. The molecule has 0 radical (unpaired) electrons. The SMILES string of the molecule is COc1ccc(C(=O)Nc2cccc(OCc3ccccn3)c2)cc1. The van der Waals surface area contributed by atoms with Crippen LogP contribution in [-0.2, 0) is 6.61 Å². The normalized spacial score (nSPS) is 10.1. The Morgan fingerprint density at radius 2 is 1.84 bits per heavy atom. The Bertz CT molecular complexity index is 833. The van der Waals surface area contributed by atoms with Crippen LogP contribution < -0.4 is 14.8 Å². The maximum atomic E-state index is 12.3. The summed E-state index contributed by atoms with van der Waals surface area (Å²) < 4.78 is 10.8. The van der Waals surface area contributed by atoms with Crippen LogP contribution in [-0.4, -0.2) is 18.0 Å². The van der Waals surface area contributed by atoms with E-state index in [1.54, 1.807) is 43.6 Å². The Morgan fingerprint density at radius 3 is 2.56 bits per heavy atom. The van der Waals surface area contributed by atoms with Gasteiger partial charge in [0, 0.05) is 23.5 Å². The molecule has 0 fully saturated rings. The van der Waals surface area contributed by atoms with Gasteiger partial charge < -0.3 is 14.8 Å². The number of anilines is 1. The number of carbonyl (C=O) groups excluding carboxylic acids is 1. The molecule has 0 aliphatic carbocycles. The summed E-state index contributed by atoms with van der Waals surface area (Å²) in [6.07, 6.45) is 1.73. The number of ether oxygens (including phenoxy) is 2. The summed E-state index contributed by atoms with van der Waals surface area (Å²) in [4.78, 5) is 16.5. The molecule has 5 nitrogen and oxygen atoms in total. The van der Waals surface area contributed by atoms with Gasteiger partial charge in [0.2, 0.25) is 0 Å². The van der Waals surface area contributed by atoms with Crippen molar-refractivity contribution in [1.82, 2.24) is 4.98 Å². The number of hydrogen-bond donors (Lipinski definition) is 1. The van der Waals surface area contributed by atoms with Crippen LogP contribution in [0.4, 0.5) is 5.69 Å². The number of methoxy groups -OCH3 is 1. The fourth-order valence-corrected chi connectivity index (χ4v) is 2.25. The minimum absolute atomic E-state index is 0.190. The maximum Gasteiger partial charge on any atom is 0.255 e. The van der Waals surface area contributed by atoms with Crippen LogP contribution in [0, 0.1) is 0 Å². The van der Waals surface area contributed by atoms with Gasteiger partial charge >= 0.3 is 0 Å². The lowest BCUT2D eigenvalue weighted by atomic mass is 10.2. The summed E-state index contributed by atoms with van der Waals surface area (Å²) in [6, 6.07) is 19.9. The Labute approximate surface area is 146 Å². The molecule has 5 heteroatoms. The molecule has 1 amide bonds. The third-order valence-corrected chi connectivity index (χ3v) is 3.56. The number of nitrogens with zero attached hydrogens (tertiary/aromatic N) is 1. The Hall–Kier alpha value is -3.34. The van der Waals surface area contributed by atoms with Gasteiger partial charge in [-0.25, -0.2) is 0 Å². The number of rotatable bonds is 6. The summed E-state index contributed by atoms with van der Waals surface area (Å²) in [6.45, 7) is 0.372. The number of amides is 1. The summed E-state index contributed by atoms with van der Waals surface area (Å²) in [5.41, 5.74) is 2.06. The van der Waals surface area contributed by atoms with Crippen molar-refractivity contribution in [3.8, 4) is 11.5 Å². The highest BCUT2D eigenvalue weighted by atomic mass is 16.5. The van der Waals surface area contributed by atoms with Crippen molar-refractivity contribution in [3.63, 3.8) is 0 Å². The van der Waals surface area contributed by atoms with Gasteiger partial charge in [0.15, 0.2) is 0 Å². The second kappa shape index (κ2) is 7.97. The molecule has 0 unspecified atom stereocenters. The summed E-state index contributed by atoms with van der Waals surface area (Å²) >= 11 is 0. The predicted octanol–water partition coefficient (Wildman–Crippen LogP) is 3.92. The zero-order valence-electron chi connectivity index (χ0n) is 13.8. The molecule has 0 aliphatic rings. The number of pyridine rings is 1. The van der Waals surface area contributed by atoms with Crippen molar-refractivity contribution in [2.24, 2.45) is 0 Å². The lowest BCUT2D eigenvalue weighted by Gasteiger charge is -2.09. The monoisotopic (exact) mass is 334 g/mol. The third kappa shape index (κ3) is 4.57. The number of carbonyl (C=O) groups is 1. The number of hydrogen-bond acceptors (Lipinski definition) is 4. The van der Waals surface area contributed by atoms with Crippen molar-refractivity contribution in [3.05, 3.63) is 84.2 Å². The molecule has 1 heterocycles. The molecule has 1 N–H and O–H groups in total. The van der Waals surface area contributed by atoms with Crippen LogP contribution in [0.15, 0.2) is 72.9 Å². The summed E-state index contributed by atoms with van der Waals surface area (Å²) in [7, 11) is 1.59. The molecule has 0 aliphatic heterocycles. The zero-order valence-corrected chi connectivity index (χ0v) is 13.8. The average Bonchev–Trinajstić information content (AvgIpc) is 2.67. The van der Waals surface area contributed by atoms with E-state index in [1.807, 2.05) is 36.4 Å². The molecule has 0 saturated heterocycles. The number of benzene rings is 2. The molecular formula is C20H18N2O3. The zero-order chi connectivity index (χ0) is 17.5. The lowest BCUT2D eigenvalue weighted by Crippen LogP contribution is -2.11. The molecule has 1 aromatic heterocycles. The van der Waals surface area contributed by atoms with Crippen LogP contribution in [0.3, 0.4) is 0 Å². The van der Waals surface area contributed by atoms with E-state index >= 15 is 0 Å². The highest BCUT2D eigenvalue weighted by molar-refractivity contribution is 6.04. The van der Waals surface area contributed by atoms with Crippen LogP contribution in [0.1, 0.15) is 16.1 Å². The lowest BCUT2D eigenvalue weighted by molar-refractivity contribution is 0.102. The van der Waals surface area contributed by atoms with Gasteiger partial charge in [-0.3, -0.25) is 9.78 Å². The summed E-state index contributed by atoms with van der Waals surface area (Å²) in [5, 5.41) is 2.86. The van der Waals surface area contributed by atoms with Gasteiger partial charge in [0.05, 0.1) is 12.8 Å². The van der Waals surface area contributed by atoms with Crippen molar-refractivity contribution < 1.29 is 14.3 Å². The first-order valence-electron chi connectivity index (χ1n) is 7.83. The minimum atomic E-state index is -0.190. The largest absolute Gasteiger partial charge is 0.497 e. The van der Waals surface area contributed by atoms with Crippen LogP contribution in [0.2, 0.25) is 0 Å². The Morgan fingerprint density at radius 1 is 1.00 bits per heavy atom. The minimum Gasteiger partial charge on any atom is -0.497 e. The molecule has 2 aromatic carbocycles. The van der Waals surface area contributed by atoms with E-state index in [2.05, 4.69) is 10.3 Å². The highest BCUT2D eigenvalue weighted by Crippen LogP contribution is 2.19. The molecular weight excluding hydrogens is 316 g/mol. The molecule has 0 bridgehead atoms. The van der Waals surface area contributed by atoms with Crippen LogP contribution in [0.25, 0.3) is 0 Å². The van der Waals surface area contributed by atoms with E-state index in [1.165, 1.54) is 0 Å². The molecule has 0 spiro atoms. The Kier molecular flexibility index (Phi) is 5.26. The fraction of sp³-hybridized carbons (Fsp3) is 0.100. The first-order chi connectivity index (χ1) is 12.2. The molecule has 25 heavy (non-hydrogen) atoms. The van der Waals surface area contributed by atoms with Crippen molar-refractivity contribution in [2.75, 3.05) is 12.4 Å². The van der Waals surface area contributed by atoms with Crippen molar-refractivity contribution >= 4 is 11.6 Å². The standard InChI is InChI=1S/C20H18N2O3/c1-24-18-10-8-15(9-11-18)20(23)22-16-6-4-7-19(13-16)25-14-17-5-2-3-12-21-17/h2-13H,14H2,1H3,(H,22,23). The fourth-order valence-electron chi connectivity index (χ4n) is 2.25. The van der Waals surface area contributed by atoms with Crippen molar-refractivity contribution in [2.45, 2.75) is 6.61 Å². The smallest absolute Gasteiger partial charge is 0.255 e. The van der Waals surface area contributed by atoms with Gasteiger partial charge in [-0.05, 0) is 48.5 Å². The first kappa shape index (κ1) is 16.5. The molecule has 3 aromatic rings. The van der Waals surface area contributed by atoms with Gasteiger partial charge in [-0.15, -0.1) is 0 Å². The van der Waals surface area contributed by atoms with Crippen LogP contribution in [0.5, 0.6) is 11.5 Å². The van der Waals surface area contributed by atoms with Gasteiger partial charge in [0.25, 0.3) is 5.91 Å². The molecule has 3 rings (SSSR count). The number of aromatic nitrogens is 1. The average molecular weight is 334 g/mol. The second-order valence-electron chi connectivity index (χ2n) is 5.32. The van der Waals surface area contributed by atoms with Gasteiger partial charge in [-0.2, -0.15) is 0 Å². The topological polar surface area (TPSA) is 60.5 Å². The third-order valence-electron chi connectivity index (χ3n) is 3.56.